The first kappa shape index (κ1) is 31.9. The molecule has 0 spiro atoms. The molecular weight excluding hydrogens is 667 g/mol. The third-order valence-electron chi connectivity index (χ3n) is 6.65. The van der Waals surface area contributed by atoms with Gasteiger partial charge in [-0.05, 0) is 12.1 Å². The predicted octanol–water partition coefficient (Wildman–Crippen LogP) is -0.0968. The second-order valence-electron chi connectivity index (χ2n) is 9.53. The number of anilines is 3. The van der Waals surface area contributed by atoms with E-state index in [4.69, 9.17) is 34.3 Å². The molecule has 2 unspecified atom stereocenters. The van der Waals surface area contributed by atoms with Gasteiger partial charge in [-0.15, -0.1) is 23.1 Å². The van der Waals surface area contributed by atoms with Crippen LogP contribution in [0.2, 0.25) is 0 Å². The number of carboxylic acid groups (broad SMARTS) is 2. The molecule has 3 aromatic rings. The van der Waals surface area contributed by atoms with Gasteiger partial charge >= 0.3 is 11.9 Å². The van der Waals surface area contributed by atoms with Crippen molar-refractivity contribution in [2.45, 2.75) is 17.0 Å². The number of fused-ring (bicyclic) bond motifs is 1. The van der Waals surface area contributed by atoms with Crippen LogP contribution in [0, 0.1) is 0 Å². The van der Waals surface area contributed by atoms with Crippen LogP contribution in [-0.4, -0.2) is 91.8 Å². The number of aliphatic carboxylic acids is 2. The summed E-state index contributed by atoms with van der Waals surface area (Å²) in [6.07, 6.45) is -1.87. The summed E-state index contributed by atoms with van der Waals surface area (Å²) in [6, 6.07) is 4.42. The van der Waals surface area contributed by atoms with Crippen LogP contribution in [0.15, 0.2) is 40.5 Å². The number of nitrogens with one attached hydrogen (secondary N) is 1. The molecule has 21 heteroatoms. The summed E-state index contributed by atoms with van der Waals surface area (Å²) in [7, 11) is 0. The first-order valence-electron chi connectivity index (χ1n) is 12.6. The minimum Gasteiger partial charge on any atom is -0.504 e. The minimum atomic E-state index is -1.93. The number of nitrogens with zero attached hydrogens (tertiary/aromatic N) is 5. The van der Waals surface area contributed by atoms with Crippen molar-refractivity contribution in [3.8, 4) is 11.5 Å². The molecule has 18 nitrogen and oxygen atoms in total. The number of carboxylic acids is 2. The number of carbonyl (C=O) groups excluding carboxylic acids is 2. The highest BCUT2D eigenvalue weighted by molar-refractivity contribution is 8.00. The number of aromatic nitrogens is 3. The lowest BCUT2D eigenvalue weighted by Crippen LogP contribution is -2.80. The number of nitrogen functional groups attached to an aromatic ring is 3. The van der Waals surface area contributed by atoms with Crippen molar-refractivity contribution in [2.75, 3.05) is 23.0 Å². The number of thiazole rings is 1. The molecule has 0 aliphatic carbocycles. The lowest BCUT2D eigenvalue weighted by atomic mass is 9.87. The van der Waals surface area contributed by atoms with Crippen LogP contribution in [0.25, 0.3) is 5.57 Å². The van der Waals surface area contributed by atoms with E-state index in [1.165, 1.54) is 11.4 Å². The Labute approximate surface area is 270 Å². The molecule has 1 aromatic carbocycles. The predicted molar refractivity (Wildman–Crippen MR) is 167 cm³/mol. The number of aromatic hydroxyl groups is 2. The van der Waals surface area contributed by atoms with Gasteiger partial charge < -0.3 is 47.8 Å². The van der Waals surface area contributed by atoms with E-state index in [9.17, 15) is 39.6 Å². The van der Waals surface area contributed by atoms with Crippen molar-refractivity contribution in [3.05, 3.63) is 52.3 Å². The Morgan fingerprint density at radius 1 is 1.15 bits per heavy atom. The number of β-lactam (4-membered cyclic amide) rings is 1. The second-order valence-corrected chi connectivity index (χ2v) is 11.7. The van der Waals surface area contributed by atoms with Crippen molar-refractivity contribution in [1.82, 2.24) is 25.2 Å². The maximum Gasteiger partial charge on any atom is 0.353 e. The van der Waals surface area contributed by atoms with Gasteiger partial charge in [0.2, 0.25) is 12.1 Å². The van der Waals surface area contributed by atoms with Crippen LogP contribution >= 0.6 is 35.3 Å². The van der Waals surface area contributed by atoms with Gasteiger partial charge in [-0.3, -0.25) is 14.5 Å². The molecule has 0 saturated carbocycles. The normalized spacial score (nSPS) is 19.9. The molecule has 1 saturated heterocycles. The number of phenolic OH excluding ortho intramolecular Hbond substituents is 2. The molecule has 238 valence electrons. The molecular formula is C25H21N9O9S3. The van der Waals surface area contributed by atoms with Gasteiger partial charge in [-0.1, -0.05) is 23.4 Å². The standard InChI is InChI=1S/C25H21N9O9S3/c26-14-4-10(29-23(27)31-14)9-5-45-22-25(7-44,21(42)34(22)16(9)19(38)39)32-18(37)15(11-6-46-24(28)30-11)33-43-17(20(40)41)8-1-2-12(35)13(36)3-8/h1-4,6-7,17,22,35-36H,5H2,(H2,28,30)(H,32,37)(H,38,39)(H,40,41)(H4,26,27,29,31)/b33-15-/t17?,22-,25?/m0/s1. The summed E-state index contributed by atoms with van der Waals surface area (Å²) in [4.78, 5) is 69.7. The molecule has 2 aliphatic heterocycles. The molecule has 4 heterocycles. The lowest BCUT2D eigenvalue weighted by molar-refractivity contribution is -0.153. The fourth-order valence-electron chi connectivity index (χ4n) is 4.58. The van der Waals surface area contributed by atoms with E-state index in [0.717, 1.165) is 51.6 Å². The van der Waals surface area contributed by atoms with E-state index >= 15 is 0 Å². The number of amides is 2. The molecule has 3 atom stereocenters. The Hall–Kier alpha value is -5.54. The molecule has 0 bridgehead atoms. The second kappa shape index (κ2) is 12.1. The summed E-state index contributed by atoms with van der Waals surface area (Å²) in [6.45, 7) is 0. The fraction of sp³-hybridized carbons (Fsp3) is 0.160. The van der Waals surface area contributed by atoms with E-state index in [2.05, 4.69) is 25.4 Å². The number of hydrogen-bond acceptors (Lipinski definition) is 17. The minimum absolute atomic E-state index is 0.0147. The van der Waals surface area contributed by atoms with Crippen LogP contribution in [0.5, 0.6) is 11.5 Å². The van der Waals surface area contributed by atoms with Gasteiger partial charge in [0.1, 0.15) is 22.6 Å². The first-order valence-corrected chi connectivity index (χ1v) is 15.0. The smallest absolute Gasteiger partial charge is 0.353 e. The van der Waals surface area contributed by atoms with Crippen molar-refractivity contribution >= 4 is 92.6 Å². The van der Waals surface area contributed by atoms with E-state index in [1.807, 2.05) is 0 Å². The van der Waals surface area contributed by atoms with Crippen LogP contribution in [0.3, 0.4) is 0 Å². The Kier molecular flexibility index (Phi) is 8.38. The molecule has 5 rings (SSSR count). The largest absolute Gasteiger partial charge is 0.504 e. The van der Waals surface area contributed by atoms with Gasteiger partial charge in [-0.2, -0.15) is 4.98 Å². The Balaban J connectivity index is 1.48. The molecule has 46 heavy (non-hydrogen) atoms. The zero-order valence-electron chi connectivity index (χ0n) is 22.8. The van der Waals surface area contributed by atoms with E-state index in [-0.39, 0.29) is 45.2 Å². The average Bonchev–Trinajstić information content (AvgIpc) is 3.43. The fourth-order valence-corrected chi connectivity index (χ4v) is 6.95. The molecule has 11 N–H and O–H groups in total. The van der Waals surface area contributed by atoms with Crippen LogP contribution in [-0.2, 0) is 24.0 Å². The lowest BCUT2D eigenvalue weighted by Gasteiger charge is -2.55. The third-order valence-corrected chi connectivity index (χ3v) is 9.05. The number of carbonyl (C=O) groups is 4. The SMILES string of the molecule is Nc1cc(C2=C(C(=O)O)N3C(=O)C(C=S)(NC(=O)/C(=N\OC(C(=O)O)c4ccc(O)c(O)c4)c4csc(N)n4)[C@@H]3SC2)nc(N)n1. The average molecular weight is 688 g/mol. The van der Waals surface area contributed by atoms with Crippen molar-refractivity contribution in [2.24, 2.45) is 5.16 Å². The quantitative estimate of drug-likeness (QED) is 0.0454. The topological polar surface area (TPSA) is 303 Å². The number of rotatable bonds is 10. The van der Waals surface area contributed by atoms with Gasteiger partial charge in [0.25, 0.3) is 11.8 Å². The van der Waals surface area contributed by atoms with E-state index in [1.54, 1.807) is 0 Å². The number of thioether (sulfide) groups is 1. The molecule has 2 aromatic heterocycles. The summed E-state index contributed by atoms with van der Waals surface area (Å²) < 4.78 is 0. The summed E-state index contributed by atoms with van der Waals surface area (Å²) >= 11 is 7.14. The van der Waals surface area contributed by atoms with Gasteiger partial charge in [0.15, 0.2) is 27.9 Å². The number of nitrogens with two attached hydrogens (primary N) is 3. The zero-order chi connectivity index (χ0) is 33.5. The van der Waals surface area contributed by atoms with Crippen molar-refractivity contribution in [1.29, 1.82) is 0 Å². The number of phenols is 2. The zero-order valence-corrected chi connectivity index (χ0v) is 25.3. The number of thiocarbonyl (C=S) groups is 1. The monoisotopic (exact) mass is 687 g/mol. The molecule has 2 aliphatic rings. The van der Waals surface area contributed by atoms with Crippen molar-refractivity contribution < 1.29 is 44.4 Å². The highest BCUT2D eigenvalue weighted by Crippen LogP contribution is 2.47. The maximum atomic E-state index is 13.7. The van der Waals surface area contributed by atoms with Gasteiger partial charge in [0.05, 0.1) is 5.69 Å². The summed E-state index contributed by atoms with van der Waals surface area (Å²) in [5.74, 6) is -6.43. The maximum absolute atomic E-state index is 13.7. The van der Waals surface area contributed by atoms with E-state index in [0.29, 0.717) is 0 Å². The number of hydrogen-bond donors (Lipinski definition) is 8. The Morgan fingerprint density at radius 2 is 1.89 bits per heavy atom. The molecule has 0 radical (unpaired) electrons. The number of benzene rings is 1. The highest BCUT2D eigenvalue weighted by atomic mass is 32.2. The Morgan fingerprint density at radius 3 is 2.48 bits per heavy atom. The molecule has 2 amide bonds. The number of oxime groups is 1. The van der Waals surface area contributed by atoms with Gasteiger partial charge in [0, 0.05) is 33.7 Å². The van der Waals surface area contributed by atoms with Crippen LogP contribution in [0.4, 0.5) is 16.9 Å². The summed E-state index contributed by atoms with van der Waals surface area (Å²) in [5, 5.41) is 46.7. The molecule has 1 fully saturated rings. The Bertz CT molecular complexity index is 1860. The first-order chi connectivity index (χ1) is 21.8. The van der Waals surface area contributed by atoms with E-state index < -0.39 is 63.7 Å². The third kappa shape index (κ3) is 5.57. The highest BCUT2D eigenvalue weighted by Gasteiger charge is 2.65. The van der Waals surface area contributed by atoms with Crippen molar-refractivity contribution in [3.63, 3.8) is 0 Å². The van der Waals surface area contributed by atoms with Crippen LogP contribution in [0.1, 0.15) is 23.1 Å². The summed E-state index contributed by atoms with van der Waals surface area (Å²) in [5.41, 5.74) is 14.1. The van der Waals surface area contributed by atoms with Gasteiger partial charge in [-0.25, -0.2) is 19.6 Å². The van der Waals surface area contributed by atoms with Crippen LogP contribution < -0.4 is 22.5 Å².